The molecule has 46 heavy (non-hydrogen) atoms. The SMILES string of the molecule is COc1cc(/C=C2/C(=O)NC(=O)N(c3ccc(OCc4ccccc4)cc3)C2=O)cc(I)c1OCC(=O)Nc1cc(C)ccc1C. The van der Waals surface area contributed by atoms with Gasteiger partial charge in [0, 0.05) is 5.69 Å². The Kier molecular flexibility index (Phi) is 10.0. The van der Waals surface area contributed by atoms with Gasteiger partial charge in [0.2, 0.25) is 0 Å². The zero-order chi connectivity index (χ0) is 32.8. The normalized spacial score (nSPS) is 13.8. The molecule has 1 heterocycles. The number of ether oxygens (including phenoxy) is 3. The fourth-order valence-corrected chi connectivity index (χ4v) is 5.43. The largest absolute Gasteiger partial charge is 0.493 e. The molecule has 0 aliphatic carbocycles. The van der Waals surface area contributed by atoms with Crippen LogP contribution in [0.3, 0.4) is 0 Å². The number of hydrogen-bond donors (Lipinski definition) is 2. The van der Waals surface area contributed by atoms with Gasteiger partial charge in [0.1, 0.15) is 17.9 Å². The second-order valence-electron chi connectivity index (χ2n) is 10.4. The Morgan fingerprint density at radius 1 is 0.935 bits per heavy atom. The van der Waals surface area contributed by atoms with Gasteiger partial charge in [-0.25, -0.2) is 9.69 Å². The Balaban J connectivity index is 1.30. The molecule has 1 aliphatic rings. The van der Waals surface area contributed by atoms with Crippen LogP contribution in [-0.2, 0) is 21.0 Å². The zero-order valence-corrected chi connectivity index (χ0v) is 27.4. The van der Waals surface area contributed by atoms with Gasteiger partial charge in [0.25, 0.3) is 17.7 Å². The second kappa shape index (κ2) is 14.3. The van der Waals surface area contributed by atoms with Gasteiger partial charge in [0.05, 0.1) is 16.4 Å². The van der Waals surface area contributed by atoms with Crippen molar-refractivity contribution in [1.29, 1.82) is 0 Å². The molecule has 11 heteroatoms. The van der Waals surface area contributed by atoms with Crippen molar-refractivity contribution in [2.45, 2.75) is 20.5 Å². The lowest BCUT2D eigenvalue weighted by Crippen LogP contribution is -2.54. The van der Waals surface area contributed by atoms with Crippen LogP contribution in [-0.4, -0.2) is 37.5 Å². The minimum atomic E-state index is -0.861. The number of halogens is 1. The fourth-order valence-electron chi connectivity index (χ4n) is 4.65. The highest BCUT2D eigenvalue weighted by Gasteiger charge is 2.37. The molecule has 4 aromatic carbocycles. The van der Waals surface area contributed by atoms with Crippen LogP contribution in [0.5, 0.6) is 17.2 Å². The maximum Gasteiger partial charge on any atom is 0.335 e. The van der Waals surface area contributed by atoms with E-state index in [0.29, 0.717) is 38.7 Å². The van der Waals surface area contributed by atoms with Crippen LogP contribution >= 0.6 is 22.6 Å². The summed E-state index contributed by atoms with van der Waals surface area (Å²) in [4.78, 5) is 52.5. The number of hydrogen-bond acceptors (Lipinski definition) is 7. The highest BCUT2D eigenvalue weighted by atomic mass is 127. The van der Waals surface area contributed by atoms with Crippen molar-refractivity contribution >= 4 is 63.8 Å². The Morgan fingerprint density at radius 3 is 2.39 bits per heavy atom. The number of methoxy groups -OCH3 is 1. The van der Waals surface area contributed by atoms with Gasteiger partial charge in [-0.3, -0.25) is 19.7 Å². The standard InChI is InChI=1S/C35H30IN3O7/c1-21-9-10-22(2)29(15-21)37-31(40)20-46-32-28(36)17-24(18-30(32)44-3)16-27-33(41)38-35(43)39(34(27)42)25-11-13-26(14-12-25)45-19-23-7-5-4-6-8-23/h4-18H,19-20H2,1-3H3,(H,37,40)(H,38,41,43)/b27-16-. The van der Waals surface area contributed by atoms with Gasteiger partial charge < -0.3 is 19.5 Å². The summed E-state index contributed by atoms with van der Waals surface area (Å²) in [6.45, 7) is 3.93. The number of aryl methyl sites for hydroxylation is 2. The molecule has 0 radical (unpaired) electrons. The lowest BCUT2D eigenvalue weighted by molar-refractivity contribution is -0.122. The smallest absolute Gasteiger partial charge is 0.335 e. The van der Waals surface area contributed by atoms with E-state index in [1.807, 2.05) is 85.0 Å². The Morgan fingerprint density at radius 2 is 1.67 bits per heavy atom. The molecule has 1 saturated heterocycles. The predicted molar refractivity (Wildman–Crippen MR) is 182 cm³/mol. The summed E-state index contributed by atoms with van der Waals surface area (Å²) < 4.78 is 17.7. The lowest BCUT2D eigenvalue weighted by Gasteiger charge is -2.26. The molecule has 0 atom stereocenters. The third-order valence-corrected chi connectivity index (χ3v) is 7.82. The number of urea groups is 1. The van der Waals surface area contributed by atoms with Crippen LogP contribution in [0.25, 0.3) is 6.08 Å². The summed E-state index contributed by atoms with van der Waals surface area (Å²) in [6, 6.07) is 24.2. The summed E-state index contributed by atoms with van der Waals surface area (Å²) in [7, 11) is 1.44. The molecule has 0 spiro atoms. The first-order chi connectivity index (χ1) is 22.1. The van der Waals surface area contributed by atoms with Crippen molar-refractivity contribution < 1.29 is 33.4 Å². The van der Waals surface area contributed by atoms with Crippen molar-refractivity contribution in [3.63, 3.8) is 0 Å². The number of imide groups is 2. The molecule has 234 valence electrons. The molecule has 0 bridgehead atoms. The summed E-state index contributed by atoms with van der Waals surface area (Å²) in [5, 5.41) is 5.08. The topological polar surface area (TPSA) is 123 Å². The van der Waals surface area contributed by atoms with E-state index >= 15 is 0 Å². The van der Waals surface area contributed by atoms with E-state index in [-0.39, 0.29) is 23.8 Å². The van der Waals surface area contributed by atoms with E-state index in [1.165, 1.54) is 13.2 Å². The van der Waals surface area contributed by atoms with Crippen LogP contribution in [0, 0.1) is 17.4 Å². The minimum absolute atomic E-state index is 0.247. The average molecular weight is 732 g/mol. The van der Waals surface area contributed by atoms with Crippen molar-refractivity contribution in [1.82, 2.24) is 5.32 Å². The second-order valence-corrected chi connectivity index (χ2v) is 11.6. The predicted octanol–water partition coefficient (Wildman–Crippen LogP) is 6.18. The van der Waals surface area contributed by atoms with E-state index in [0.717, 1.165) is 21.6 Å². The maximum absolute atomic E-state index is 13.5. The Bertz CT molecular complexity index is 1840. The molecule has 0 saturated carbocycles. The highest BCUT2D eigenvalue weighted by Crippen LogP contribution is 2.35. The first kappa shape index (κ1) is 32.2. The lowest BCUT2D eigenvalue weighted by atomic mass is 10.1. The van der Waals surface area contributed by atoms with Crippen LogP contribution in [0.2, 0.25) is 0 Å². The molecular weight excluding hydrogens is 701 g/mol. The number of carbonyl (C=O) groups excluding carboxylic acids is 4. The summed E-state index contributed by atoms with van der Waals surface area (Å²) in [6.07, 6.45) is 1.37. The fraction of sp³-hybridized carbons (Fsp3) is 0.143. The molecule has 1 fully saturated rings. The van der Waals surface area contributed by atoms with Crippen LogP contribution < -0.4 is 29.7 Å². The number of amides is 5. The Labute approximate surface area is 279 Å². The van der Waals surface area contributed by atoms with E-state index in [4.69, 9.17) is 14.2 Å². The zero-order valence-electron chi connectivity index (χ0n) is 25.3. The first-order valence-corrected chi connectivity index (χ1v) is 15.3. The van der Waals surface area contributed by atoms with Gasteiger partial charge in [-0.05, 0) is 107 Å². The third-order valence-electron chi connectivity index (χ3n) is 7.02. The maximum atomic E-state index is 13.5. The van der Waals surface area contributed by atoms with Gasteiger partial charge in [-0.1, -0.05) is 42.5 Å². The third kappa shape index (κ3) is 7.54. The monoisotopic (exact) mass is 731 g/mol. The van der Waals surface area contributed by atoms with Crippen LogP contribution in [0.4, 0.5) is 16.2 Å². The summed E-state index contributed by atoms with van der Waals surface area (Å²) >= 11 is 2.02. The number of nitrogens with one attached hydrogen (secondary N) is 2. The molecule has 2 N–H and O–H groups in total. The van der Waals surface area contributed by atoms with Gasteiger partial charge in [-0.15, -0.1) is 0 Å². The van der Waals surface area contributed by atoms with Crippen molar-refractivity contribution in [3.05, 3.63) is 116 Å². The highest BCUT2D eigenvalue weighted by molar-refractivity contribution is 14.1. The molecule has 5 rings (SSSR count). The summed E-state index contributed by atoms with van der Waals surface area (Å²) in [5.41, 5.74) is 4.11. The van der Waals surface area contributed by atoms with E-state index in [9.17, 15) is 19.2 Å². The number of rotatable bonds is 10. The first-order valence-electron chi connectivity index (χ1n) is 14.2. The van der Waals surface area contributed by atoms with Gasteiger partial charge in [0.15, 0.2) is 18.1 Å². The van der Waals surface area contributed by atoms with Crippen LogP contribution in [0.15, 0.2) is 90.5 Å². The molecule has 4 aromatic rings. The van der Waals surface area contributed by atoms with Gasteiger partial charge >= 0.3 is 6.03 Å². The average Bonchev–Trinajstić information content (AvgIpc) is 3.04. The van der Waals surface area contributed by atoms with Crippen LogP contribution in [0.1, 0.15) is 22.3 Å². The number of anilines is 2. The number of carbonyl (C=O) groups is 4. The molecule has 5 amide bonds. The molecule has 0 aromatic heterocycles. The number of benzene rings is 4. The van der Waals surface area contributed by atoms with Crippen molar-refractivity contribution in [3.8, 4) is 17.2 Å². The van der Waals surface area contributed by atoms with E-state index < -0.39 is 17.8 Å². The molecule has 1 aliphatic heterocycles. The molecule has 0 unspecified atom stereocenters. The molecule has 10 nitrogen and oxygen atoms in total. The minimum Gasteiger partial charge on any atom is -0.493 e. The molecular formula is C35H30IN3O7. The van der Waals surface area contributed by atoms with Crippen molar-refractivity contribution in [2.24, 2.45) is 0 Å². The number of barbiturate groups is 1. The van der Waals surface area contributed by atoms with E-state index in [2.05, 4.69) is 10.6 Å². The van der Waals surface area contributed by atoms with E-state index in [1.54, 1.807) is 36.4 Å². The Hall–Kier alpha value is -5.17. The van der Waals surface area contributed by atoms with Gasteiger partial charge in [-0.2, -0.15) is 0 Å². The van der Waals surface area contributed by atoms with Crippen molar-refractivity contribution in [2.75, 3.05) is 23.9 Å². The number of nitrogens with zero attached hydrogens (tertiary/aromatic N) is 1. The summed E-state index contributed by atoms with van der Waals surface area (Å²) in [5.74, 6) is -0.789. The quantitative estimate of drug-likeness (QED) is 0.114.